The van der Waals surface area contributed by atoms with E-state index in [1.165, 1.54) is 0 Å². The topological polar surface area (TPSA) is 52.6 Å². The summed E-state index contributed by atoms with van der Waals surface area (Å²) in [4.78, 5) is 13.6. The first-order valence-electron chi connectivity index (χ1n) is 9.56. The summed E-state index contributed by atoms with van der Waals surface area (Å²) in [5, 5.41) is 13.1. The second-order valence-electron chi connectivity index (χ2n) is 7.90. The molecule has 2 fully saturated rings. The molecular weight excluding hydrogens is 355 g/mol. The molecule has 0 radical (unpaired) electrons. The zero-order chi connectivity index (χ0) is 18.8. The van der Waals surface area contributed by atoms with Crippen LogP contribution in [0.15, 0.2) is 18.2 Å². The molecule has 1 heterocycles. The first-order valence-corrected chi connectivity index (χ1v) is 9.94. The highest BCUT2D eigenvalue weighted by Gasteiger charge is 2.38. The molecule has 0 bridgehead atoms. The fourth-order valence-electron chi connectivity index (χ4n) is 4.50. The molecular formula is C20H28ClFN2O2. The lowest BCUT2D eigenvalue weighted by atomic mass is 9.85. The average molecular weight is 383 g/mol. The van der Waals surface area contributed by atoms with E-state index < -0.39 is 5.97 Å². The van der Waals surface area contributed by atoms with Crippen LogP contribution in [0.3, 0.4) is 0 Å². The number of nitrogens with zero attached hydrogens (tertiary/aromatic N) is 1. The molecule has 1 saturated heterocycles. The number of likely N-dealkylation sites (tertiary alicyclic amines) is 1. The summed E-state index contributed by atoms with van der Waals surface area (Å²) in [5.41, 5.74) is 0.954. The molecule has 4 nitrogen and oxygen atoms in total. The Morgan fingerprint density at radius 1 is 1.27 bits per heavy atom. The molecule has 1 aliphatic carbocycles. The van der Waals surface area contributed by atoms with Crippen LogP contribution in [-0.2, 0) is 4.79 Å². The molecule has 2 atom stereocenters. The van der Waals surface area contributed by atoms with Crippen LogP contribution in [-0.4, -0.2) is 40.6 Å². The largest absolute Gasteiger partial charge is 0.481 e. The van der Waals surface area contributed by atoms with Crippen LogP contribution < -0.4 is 5.32 Å². The van der Waals surface area contributed by atoms with Gasteiger partial charge in [-0.1, -0.05) is 17.7 Å². The van der Waals surface area contributed by atoms with Gasteiger partial charge in [0.25, 0.3) is 0 Å². The first-order chi connectivity index (χ1) is 12.4. The van der Waals surface area contributed by atoms with Gasteiger partial charge in [0.15, 0.2) is 0 Å². The maximum absolute atomic E-state index is 14.0. The fourth-order valence-corrected chi connectivity index (χ4v) is 4.62. The van der Waals surface area contributed by atoms with Crippen molar-refractivity contribution in [3.8, 4) is 0 Å². The van der Waals surface area contributed by atoms with Crippen LogP contribution in [0.2, 0.25) is 5.02 Å². The molecule has 1 aliphatic heterocycles. The number of benzene rings is 1. The maximum Gasteiger partial charge on any atom is 0.306 e. The summed E-state index contributed by atoms with van der Waals surface area (Å²) in [6.07, 6.45) is 4.24. The van der Waals surface area contributed by atoms with Gasteiger partial charge >= 0.3 is 5.97 Å². The van der Waals surface area contributed by atoms with Crippen molar-refractivity contribution in [1.29, 1.82) is 0 Å². The highest BCUT2D eigenvalue weighted by molar-refractivity contribution is 6.30. The number of carboxylic acid groups (broad SMARTS) is 1. The van der Waals surface area contributed by atoms with E-state index in [0.29, 0.717) is 12.1 Å². The normalized spacial score (nSPS) is 30.0. The van der Waals surface area contributed by atoms with Gasteiger partial charge < -0.3 is 10.4 Å². The minimum Gasteiger partial charge on any atom is -0.481 e. The predicted molar refractivity (Wildman–Crippen MR) is 101 cm³/mol. The number of hydrogen-bond acceptors (Lipinski definition) is 3. The number of nitrogens with one attached hydrogen (secondary N) is 1. The summed E-state index contributed by atoms with van der Waals surface area (Å²) in [7, 11) is 0. The van der Waals surface area contributed by atoms with Gasteiger partial charge in [0, 0.05) is 24.7 Å². The Morgan fingerprint density at radius 2 is 1.96 bits per heavy atom. The molecule has 3 rings (SSSR count). The van der Waals surface area contributed by atoms with Crippen molar-refractivity contribution in [3.05, 3.63) is 34.6 Å². The second-order valence-corrected chi connectivity index (χ2v) is 8.31. The Balaban J connectivity index is 1.73. The van der Waals surface area contributed by atoms with Crippen LogP contribution in [0.25, 0.3) is 0 Å². The molecule has 1 saturated carbocycles. The fraction of sp³-hybridized carbons (Fsp3) is 0.650. The lowest BCUT2D eigenvalue weighted by Gasteiger charge is -2.35. The van der Waals surface area contributed by atoms with E-state index in [4.69, 9.17) is 11.6 Å². The molecule has 1 aromatic rings. The Bertz CT molecular complexity index is 647. The van der Waals surface area contributed by atoms with Crippen molar-refractivity contribution in [2.24, 2.45) is 5.92 Å². The third kappa shape index (κ3) is 4.21. The van der Waals surface area contributed by atoms with E-state index in [1.54, 1.807) is 12.1 Å². The van der Waals surface area contributed by atoms with E-state index in [2.05, 4.69) is 24.1 Å². The van der Waals surface area contributed by atoms with Gasteiger partial charge in [0.2, 0.25) is 0 Å². The van der Waals surface area contributed by atoms with Gasteiger partial charge in [-0.15, -0.1) is 0 Å². The molecule has 0 spiro atoms. The van der Waals surface area contributed by atoms with Gasteiger partial charge in [-0.25, -0.2) is 4.39 Å². The van der Waals surface area contributed by atoms with Crippen LogP contribution in [0.4, 0.5) is 4.39 Å². The number of carboxylic acids is 1. The van der Waals surface area contributed by atoms with Crippen LogP contribution in [0.1, 0.15) is 57.6 Å². The number of carbonyl (C=O) groups is 1. The summed E-state index contributed by atoms with van der Waals surface area (Å²) < 4.78 is 14.0. The quantitative estimate of drug-likeness (QED) is 0.799. The van der Waals surface area contributed by atoms with E-state index in [1.807, 2.05) is 6.07 Å². The highest BCUT2D eigenvalue weighted by atomic mass is 35.5. The summed E-state index contributed by atoms with van der Waals surface area (Å²) in [6, 6.07) is 6.17. The maximum atomic E-state index is 14.0. The summed E-state index contributed by atoms with van der Waals surface area (Å²) >= 11 is 5.87. The molecule has 144 valence electrons. The lowest BCUT2D eigenvalue weighted by molar-refractivity contribution is -0.142. The monoisotopic (exact) mass is 382 g/mol. The molecule has 2 N–H and O–H groups in total. The van der Waals surface area contributed by atoms with Crippen molar-refractivity contribution in [3.63, 3.8) is 0 Å². The number of rotatable bonds is 5. The van der Waals surface area contributed by atoms with Crippen molar-refractivity contribution < 1.29 is 14.3 Å². The highest BCUT2D eigenvalue weighted by Crippen LogP contribution is 2.36. The summed E-state index contributed by atoms with van der Waals surface area (Å²) in [6.45, 7) is 5.30. The van der Waals surface area contributed by atoms with Crippen molar-refractivity contribution in [1.82, 2.24) is 10.2 Å². The number of hydrogen-bond donors (Lipinski definition) is 2. The Morgan fingerprint density at radius 3 is 2.54 bits per heavy atom. The van der Waals surface area contributed by atoms with Crippen LogP contribution in [0, 0.1) is 11.7 Å². The predicted octanol–water partition coefficient (Wildman–Crippen LogP) is 4.24. The van der Waals surface area contributed by atoms with E-state index >= 15 is 0 Å². The Kier molecular flexibility index (Phi) is 6.21. The Labute approximate surface area is 159 Å². The summed E-state index contributed by atoms with van der Waals surface area (Å²) in [5.74, 6) is -1.25. The molecule has 1 aromatic carbocycles. The molecule has 0 amide bonds. The SMILES string of the molecule is CC(C)N1CCC(NC2CCC(C(=O)O)CC2)C1c1ccc(Cl)c(F)c1. The standard InChI is InChI=1S/C20H28ClFN2O2/c1-12(2)24-10-9-18(19(24)14-5-8-16(21)17(22)11-14)23-15-6-3-13(4-7-15)20(25)26/h5,8,11-13,15,18-19,23H,3-4,6-7,9-10H2,1-2H3,(H,25,26). The zero-order valence-corrected chi connectivity index (χ0v) is 16.2. The minimum atomic E-state index is -0.676. The Hall–Kier alpha value is -1.17. The zero-order valence-electron chi connectivity index (χ0n) is 15.4. The average Bonchev–Trinajstić information content (AvgIpc) is 3.01. The third-order valence-electron chi connectivity index (χ3n) is 5.91. The first kappa shape index (κ1) is 19.6. The number of aliphatic carboxylic acids is 1. The third-order valence-corrected chi connectivity index (χ3v) is 6.22. The smallest absolute Gasteiger partial charge is 0.306 e. The van der Waals surface area contributed by atoms with Gasteiger partial charge in [-0.3, -0.25) is 9.69 Å². The van der Waals surface area contributed by atoms with Crippen LogP contribution >= 0.6 is 11.6 Å². The minimum absolute atomic E-state index is 0.110. The second kappa shape index (κ2) is 8.24. The van der Waals surface area contributed by atoms with Crippen LogP contribution in [0.5, 0.6) is 0 Å². The number of halogens is 2. The van der Waals surface area contributed by atoms with E-state index in [0.717, 1.165) is 44.2 Å². The van der Waals surface area contributed by atoms with Gasteiger partial charge in [0.1, 0.15) is 5.82 Å². The lowest BCUT2D eigenvalue weighted by Crippen LogP contribution is -2.45. The molecule has 2 aliphatic rings. The van der Waals surface area contributed by atoms with Crippen molar-refractivity contribution in [2.75, 3.05) is 6.54 Å². The molecule has 0 aromatic heterocycles. The molecule has 2 unspecified atom stereocenters. The molecule has 6 heteroatoms. The van der Waals surface area contributed by atoms with Crippen molar-refractivity contribution in [2.45, 2.75) is 70.1 Å². The molecule has 26 heavy (non-hydrogen) atoms. The van der Waals surface area contributed by atoms with Gasteiger partial charge in [-0.2, -0.15) is 0 Å². The van der Waals surface area contributed by atoms with Gasteiger partial charge in [-0.05, 0) is 63.6 Å². The van der Waals surface area contributed by atoms with Crippen molar-refractivity contribution >= 4 is 17.6 Å². The van der Waals surface area contributed by atoms with E-state index in [9.17, 15) is 14.3 Å². The van der Waals surface area contributed by atoms with Gasteiger partial charge in [0.05, 0.1) is 17.0 Å². The van der Waals surface area contributed by atoms with E-state index in [-0.39, 0.29) is 28.8 Å².